The van der Waals surface area contributed by atoms with Crippen molar-refractivity contribution in [3.63, 3.8) is 0 Å². The number of halogens is 2. The fraction of sp³-hybridized carbons (Fsp3) is 0.0526. The van der Waals surface area contributed by atoms with Gasteiger partial charge in [0.05, 0.1) is 10.2 Å². The topological polar surface area (TPSA) is 86.2 Å². The van der Waals surface area contributed by atoms with Crippen molar-refractivity contribution in [2.75, 3.05) is 5.32 Å². The van der Waals surface area contributed by atoms with Crippen molar-refractivity contribution in [3.05, 3.63) is 60.6 Å². The van der Waals surface area contributed by atoms with Crippen LogP contribution in [0.1, 0.15) is 10.5 Å². The first kappa shape index (κ1) is 17.4. The molecule has 1 N–H and O–H groups in total. The minimum Gasteiger partial charge on any atom is -0.395 e. The SMILES string of the molecule is O=C(Nc1ccc2c(c1)OC(F)(F)O2)c1nccnc1-c1nc2ccccc2s1. The normalized spacial score (nSPS) is 14.1. The van der Waals surface area contributed by atoms with Gasteiger partial charge in [0.1, 0.15) is 10.7 Å². The minimum absolute atomic E-state index is 0.0644. The quantitative estimate of drug-likeness (QED) is 0.539. The first-order valence-corrected chi connectivity index (χ1v) is 9.18. The van der Waals surface area contributed by atoms with E-state index < -0.39 is 12.2 Å². The Morgan fingerprint density at radius 3 is 2.69 bits per heavy atom. The highest BCUT2D eigenvalue weighted by molar-refractivity contribution is 7.21. The van der Waals surface area contributed by atoms with E-state index in [-0.39, 0.29) is 22.9 Å². The average Bonchev–Trinajstić information content (AvgIpc) is 3.26. The Hall–Kier alpha value is -3.66. The number of nitrogens with zero attached hydrogens (tertiary/aromatic N) is 3. The van der Waals surface area contributed by atoms with Crippen molar-refractivity contribution in [1.29, 1.82) is 0 Å². The molecule has 1 aliphatic heterocycles. The molecule has 29 heavy (non-hydrogen) atoms. The molecule has 0 saturated heterocycles. The molecule has 3 heterocycles. The Morgan fingerprint density at radius 2 is 1.83 bits per heavy atom. The summed E-state index contributed by atoms with van der Waals surface area (Å²) in [4.78, 5) is 25.7. The molecule has 0 bridgehead atoms. The number of benzene rings is 2. The molecular weight excluding hydrogens is 402 g/mol. The molecule has 0 atom stereocenters. The van der Waals surface area contributed by atoms with E-state index >= 15 is 0 Å². The molecule has 2 aromatic carbocycles. The number of amides is 1. The van der Waals surface area contributed by atoms with Gasteiger partial charge in [0.25, 0.3) is 5.91 Å². The maximum Gasteiger partial charge on any atom is 0.586 e. The molecule has 0 fully saturated rings. The lowest BCUT2D eigenvalue weighted by molar-refractivity contribution is -0.286. The van der Waals surface area contributed by atoms with Crippen LogP contribution in [0.2, 0.25) is 0 Å². The molecule has 4 aromatic rings. The summed E-state index contributed by atoms with van der Waals surface area (Å²) in [5.74, 6) is -0.834. The van der Waals surface area contributed by atoms with Crippen molar-refractivity contribution in [1.82, 2.24) is 15.0 Å². The molecule has 144 valence electrons. The molecule has 2 aromatic heterocycles. The zero-order valence-corrected chi connectivity index (χ0v) is 15.2. The van der Waals surface area contributed by atoms with Crippen LogP contribution in [0.5, 0.6) is 11.5 Å². The maximum absolute atomic E-state index is 13.2. The lowest BCUT2D eigenvalue weighted by Gasteiger charge is -2.07. The predicted octanol–water partition coefficient (Wildman–Crippen LogP) is 4.33. The Bertz CT molecular complexity index is 1230. The van der Waals surface area contributed by atoms with E-state index in [1.807, 2.05) is 24.3 Å². The van der Waals surface area contributed by atoms with Gasteiger partial charge in [0, 0.05) is 24.1 Å². The Balaban J connectivity index is 1.46. The van der Waals surface area contributed by atoms with Crippen LogP contribution in [0.25, 0.3) is 20.9 Å². The van der Waals surface area contributed by atoms with Crippen LogP contribution in [-0.4, -0.2) is 27.2 Å². The monoisotopic (exact) mass is 412 g/mol. The van der Waals surface area contributed by atoms with Crippen LogP contribution in [0.15, 0.2) is 54.9 Å². The average molecular weight is 412 g/mol. The number of rotatable bonds is 3. The molecule has 0 radical (unpaired) electrons. The van der Waals surface area contributed by atoms with Crippen LogP contribution in [-0.2, 0) is 0 Å². The predicted molar refractivity (Wildman–Crippen MR) is 101 cm³/mol. The number of thiazole rings is 1. The third-order valence-corrected chi connectivity index (χ3v) is 5.11. The Labute approximate surface area is 166 Å². The number of fused-ring (bicyclic) bond motifs is 2. The zero-order valence-electron chi connectivity index (χ0n) is 14.4. The van der Waals surface area contributed by atoms with Gasteiger partial charge in [-0.2, -0.15) is 0 Å². The standard InChI is InChI=1S/C19H10F2N4O3S/c20-19(21)27-12-6-5-10(9-13(12)28-19)24-17(26)15-16(23-8-7-22-15)18-25-11-3-1-2-4-14(11)29-18/h1-9H,(H,24,26). The number of hydrogen-bond donors (Lipinski definition) is 1. The van der Waals surface area contributed by atoms with Crippen LogP contribution in [0.4, 0.5) is 14.5 Å². The maximum atomic E-state index is 13.2. The summed E-state index contributed by atoms with van der Waals surface area (Å²) in [6.45, 7) is 0. The van der Waals surface area contributed by atoms with Crippen LogP contribution >= 0.6 is 11.3 Å². The second-order valence-corrected chi connectivity index (χ2v) is 7.05. The molecule has 0 unspecified atom stereocenters. The van der Waals surface area contributed by atoms with Gasteiger partial charge in [-0.3, -0.25) is 4.79 Å². The van der Waals surface area contributed by atoms with Gasteiger partial charge in [-0.15, -0.1) is 20.1 Å². The highest BCUT2D eigenvalue weighted by Gasteiger charge is 2.43. The van der Waals surface area contributed by atoms with Crippen LogP contribution in [0, 0.1) is 0 Å². The van der Waals surface area contributed by atoms with Crippen molar-refractivity contribution < 1.29 is 23.0 Å². The molecule has 0 spiro atoms. The number of para-hydroxylation sites is 1. The van der Waals surface area contributed by atoms with E-state index in [9.17, 15) is 13.6 Å². The summed E-state index contributed by atoms with van der Waals surface area (Å²) in [6, 6.07) is 11.5. The largest absolute Gasteiger partial charge is 0.586 e. The Morgan fingerprint density at radius 1 is 1.03 bits per heavy atom. The summed E-state index contributed by atoms with van der Waals surface area (Å²) in [5.41, 5.74) is 1.44. The lowest BCUT2D eigenvalue weighted by Crippen LogP contribution is -2.25. The summed E-state index contributed by atoms with van der Waals surface area (Å²) in [5, 5.41) is 3.16. The van der Waals surface area contributed by atoms with E-state index in [0.29, 0.717) is 10.7 Å². The molecular formula is C19H10F2N4O3S. The van der Waals surface area contributed by atoms with E-state index in [1.54, 1.807) is 0 Å². The number of aromatic nitrogens is 3. The van der Waals surface area contributed by atoms with E-state index in [2.05, 4.69) is 29.7 Å². The van der Waals surface area contributed by atoms with Gasteiger partial charge in [0.2, 0.25) is 0 Å². The Kier molecular flexibility index (Phi) is 3.88. The third-order valence-electron chi connectivity index (χ3n) is 4.07. The van der Waals surface area contributed by atoms with Gasteiger partial charge in [-0.05, 0) is 24.3 Å². The van der Waals surface area contributed by atoms with Crippen molar-refractivity contribution >= 4 is 33.1 Å². The smallest absolute Gasteiger partial charge is 0.395 e. The molecule has 7 nitrogen and oxygen atoms in total. The summed E-state index contributed by atoms with van der Waals surface area (Å²) in [6.07, 6.45) is -0.858. The number of ether oxygens (including phenoxy) is 2. The number of hydrogen-bond acceptors (Lipinski definition) is 7. The minimum atomic E-state index is -3.73. The molecule has 0 aliphatic carbocycles. The van der Waals surface area contributed by atoms with Gasteiger partial charge >= 0.3 is 6.29 Å². The summed E-state index contributed by atoms with van der Waals surface area (Å²) >= 11 is 1.39. The molecule has 1 amide bonds. The fourth-order valence-corrected chi connectivity index (χ4v) is 3.81. The number of nitrogens with one attached hydrogen (secondary N) is 1. The summed E-state index contributed by atoms with van der Waals surface area (Å²) < 4.78 is 36.0. The summed E-state index contributed by atoms with van der Waals surface area (Å²) in [7, 11) is 0. The van der Waals surface area contributed by atoms with Gasteiger partial charge in [0.15, 0.2) is 17.2 Å². The molecule has 5 rings (SSSR count). The van der Waals surface area contributed by atoms with Crippen molar-refractivity contribution in [2.24, 2.45) is 0 Å². The molecule has 10 heteroatoms. The molecule has 0 saturated carbocycles. The second-order valence-electron chi connectivity index (χ2n) is 6.02. The lowest BCUT2D eigenvalue weighted by atomic mass is 10.2. The third kappa shape index (κ3) is 3.23. The van der Waals surface area contributed by atoms with Gasteiger partial charge in [-0.1, -0.05) is 12.1 Å². The highest BCUT2D eigenvalue weighted by Crippen LogP contribution is 2.42. The number of alkyl halides is 2. The number of carbonyl (C=O) groups is 1. The number of carbonyl (C=O) groups excluding carboxylic acids is 1. The van der Waals surface area contributed by atoms with Crippen LogP contribution < -0.4 is 14.8 Å². The van der Waals surface area contributed by atoms with Gasteiger partial charge < -0.3 is 14.8 Å². The first-order chi connectivity index (χ1) is 14.0. The second kappa shape index (κ2) is 6.45. The van der Waals surface area contributed by atoms with Crippen molar-refractivity contribution in [3.8, 4) is 22.2 Å². The van der Waals surface area contributed by atoms with Crippen LogP contribution in [0.3, 0.4) is 0 Å². The first-order valence-electron chi connectivity index (χ1n) is 8.37. The van der Waals surface area contributed by atoms with E-state index in [4.69, 9.17) is 0 Å². The van der Waals surface area contributed by atoms with Gasteiger partial charge in [-0.25, -0.2) is 15.0 Å². The fourth-order valence-electron chi connectivity index (χ4n) is 2.85. The molecule has 1 aliphatic rings. The van der Waals surface area contributed by atoms with E-state index in [1.165, 1.54) is 41.9 Å². The van der Waals surface area contributed by atoms with E-state index in [0.717, 1.165) is 10.2 Å². The highest BCUT2D eigenvalue weighted by atomic mass is 32.1. The number of anilines is 1. The van der Waals surface area contributed by atoms with Crippen molar-refractivity contribution in [2.45, 2.75) is 6.29 Å². The zero-order chi connectivity index (χ0) is 20.0.